The zero-order chi connectivity index (χ0) is 11.5. The van der Waals surface area contributed by atoms with E-state index in [9.17, 15) is 0 Å². The number of aliphatic hydroxyl groups excluding tert-OH is 1. The summed E-state index contributed by atoms with van der Waals surface area (Å²) in [7, 11) is 0. The number of hydrogen-bond donors (Lipinski definition) is 2. The average Bonchev–Trinajstić information content (AvgIpc) is 2.20. The highest BCUT2D eigenvalue weighted by Gasteiger charge is 2.07. The largest absolute Gasteiger partial charge is 0.395 e. The first-order valence-electron chi connectivity index (χ1n) is 6.15. The Morgan fingerprint density at radius 2 is 1.93 bits per heavy atom. The minimum Gasteiger partial charge on any atom is -0.395 e. The maximum absolute atomic E-state index is 9.07. The van der Waals surface area contributed by atoms with E-state index < -0.39 is 0 Å². The van der Waals surface area contributed by atoms with Gasteiger partial charge in [-0.25, -0.2) is 0 Å². The van der Waals surface area contributed by atoms with Gasteiger partial charge in [-0.1, -0.05) is 40.0 Å². The molecule has 3 heteroatoms. The van der Waals surface area contributed by atoms with Gasteiger partial charge < -0.3 is 15.2 Å². The number of aliphatic hydroxyl groups is 1. The third-order valence-corrected chi connectivity index (χ3v) is 2.25. The van der Waals surface area contributed by atoms with Crippen molar-refractivity contribution in [1.82, 2.24) is 5.32 Å². The zero-order valence-corrected chi connectivity index (χ0v) is 10.5. The minimum absolute atomic E-state index is 0.0798. The minimum atomic E-state index is 0.0798. The van der Waals surface area contributed by atoms with E-state index in [1.165, 1.54) is 19.3 Å². The molecule has 0 spiro atoms. The second-order valence-corrected chi connectivity index (χ2v) is 4.34. The molecule has 1 atom stereocenters. The maximum atomic E-state index is 9.07. The molecule has 0 heterocycles. The van der Waals surface area contributed by atoms with E-state index in [0.29, 0.717) is 12.6 Å². The monoisotopic (exact) mass is 217 g/mol. The van der Waals surface area contributed by atoms with Crippen molar-refractivity contribution < 1.29 is 9.84 Å². The van der Waals surface area contributed by atoms with E-state index in [0.717, 1.165) is 13.0 Å². The Morgan fingerprint density at radius 1 is 1.20 bits per heavy atom. The standard InChI is InChI=1S/C12H27NO2/c1-4-5-6-7-8-15-10-12(9-14)13-11(2)3/h11-14H,4-10H2,1-3H3. The van der Waals surface area contributed by atoms with Crippen LogP contribution in [0.5, 0.6) is 0 Å². The van der Waals surface area contributed by atoms with Crippen LogP contribution in [0.1, 0.15) is 46.5 Å². The topological polar surface area (TPSA) is 41.5 Å². The number of unbranched alkanes of at least 4 members (excludes halogenated alkanes) is 3. The van der Waals surface area contributed by atoms with Gasteiger partial charge in [0, 0.05) is 12.6 Å². The SMILES string of the molecule is CCCCCCOCC(CO)NC(C)C. The zero-order valence-electron chi connectivity index (χ0n) is 10.5. The summed E-state index contributed by atoms with van der Waals surface area (Å²) >= 11 is 0. The van der Waals surface area contributed by atoms with Crippen molar-refractivity contribution in [3.05, 3.63) is 0 Å². The predicted octanol–water partition coefficient (Wildman–Crippen LogP) is 1.94. The van der Waals surface area contributed by atoms with Crippen molar-refractivity contribution in [3.8, 4) is 0 Å². The lowest BCUT2D eigenvalue weighted by Crippen LogP contribution is -2.40. The lowest BCUT2D eigenvalue weighted by molar-refractivity contribution is 0.0833. The number of nitrogens with one attached hydrogen (secondary N) is 1. The van der Waals surface area contributed by atoms with Crippen LogP contribution in [0, 0.1) is 0 Å². The third-order valence-electron chi connectivity index (χ3n) is 2.25. The van der Waals surface area contributed by atoms with Crippen molar-refractivity contribution in [1.29, 1.82) is 0 Å². The molecule has 0 bridgehead atoms. The maximum Gasteiger partial charge on any atom is 0.0642 e. The van der Waals surface area contributed by atoms with E-state index in [1.54, 1.807) is 0 Å². The summed E-state index contributed by atoms with van der Waals surface area (Å²) in [6.07, 6.45) is 4.93. The lowest BCUT2D eigenvalue weighted by atomic mass is 10.2. The summed E-state index contributed by atoms with van der Waals surface area (Å²) in [6.45, 7) is 7.92. The van der Waals surface area contributed by atoms with Gasteiger partial charge in [0.05, 0.1) is 19.3 Å². The Labute approximate surface area is 94.2 Å². The van der Waals surface area contributed by atoms with Crippen molar-refractivity contribution >= 4 is 0 Å². The molecule has 0 fully saturated rings. The fourth-order valence-corrected chi connectivity index (χ4v) is 1.48. The fraction of sp³-hybridized carbons (Fsp3) is 1.00. The highest BCUT2D eigenvalue weighted by atomic mass is 16.5. The van der Waals surface area contributed by atoms with Crippen LogP contribution in [0.4, 0.5) is 0 Å². The van der Waals surface area contributed by atoms with E-state index in [1.807, 2.05) is 0 Å². The van der Waals surface area contributed by atoms with Gasteiger partial charge in [-0.3, -0.25) is 0 Å². The Balaban J connectivity index is 3.30. The van der Waals surface area contributed by atoms with Gasteiger partial charge in [0.25, 0.3) is 0 Å². The summed E-state index contributed by atoms with van der Waals surface area (Å²) in [4.78, 5) is 0. The van der Waals surface area contributed by atoms with Crippen molar-refractivity contribution in [2.24, 2.45) is 0 Å². The van der Waals surface area contributed by atoms with Gasteiger partial charge in [-0.15, -0.1) is 0 Å². The smallest absolute Gasteiger partial charge is 0.0642 e. The first-order valence-corrected chi connectivity index (χ1v) is 6.15. The van der Waals surface area contributed by atoms with Crippen molar-refractivity contribution in [2.75, 3.05) is 19.8 Å². The summed E-state index contributed by atoms with van der Waals surface area (Å²) in [5, 5.41) is 12.3. The van der Waals surface area contributed by atoms with Gasteiger partial charge in [0.15, 0.2) is 0 Å². The third kappa shape index (κ3) is 10.2. The van der Waals surface area contributed by atoms with Crippen LogP contribution in [0.3, 0.4) is 0 Å². The summed E-state index contributed by atoms with van der Waals surface area (Å²) in [5.74, 6) is 0. The second-order valence-electron chi connectivity index (χ2n) is 4.34. The van der Waals surface area contributed by atoms with Crippen LogP contribution in [0.2, 0.25) is 0 Å². The number of hydrogen-bond acceptors (Lipinski definition) is 3. The van der Waals surface area contributed by atoms with Gasteiger partial charge in [0.1, 0.15) is 0 Å². The Kier molecular flexibility index (Phi) is 10.3. The lowest BCUT2D eigenvalue weighted by Gasteiger charge is -2.18. The highest BCUT2D eigenvalue weighted by molar-refractivity contribution is 4.66. The molecule has 3 nitrogen and oxygen atoms in total. The molecule has 15 heavy (non-hydrogen) atoms. The van der Waals surface area contributed by atoms with E-state index in [2.05, 4.69) is 26.1 Å². The van der Waals surface area contributed by atoms with E-state index >= 15 is 0 Å². The molecule has 0 saturated heterocycles. The Hall–Kier alpha value is -0.120. The molecule has 2 N–H and O–H groups in total. The van der Waals surface area contributed by atoms with Crippen LogP contribution in [-0.2, 0) is 4.74 Å². The molecule has 0 radical (unpaired) electrons. The van der Waals surface area contributed by atoms with Crippen LogP contribution in [0.15, 0.2) is 0 Å². The molecule has 0 aromatic rings. The van der Waals surface area contributed by atoms with Crippen molar-refractivity contribution in [2.45, 2.75) is 58.5 Å². The van der Waals surface area contributed by atoms with Crippen LogP contribution in [0.25, 0.3) is 0 Å². The Morgan fingerprint density at radius 3 is 2.47 bits per heavy atom. The highest BCUT2D eigenvalue weighted by Crippen LogP contribution is 1.99. The molecular formula is C12H27NO2. The molecule has 0 amide bonds. The van der Waals surface area contributed by atoms with Gasteiger partial charge in [-0.2, -0.15) is 0 Å². The number of ether oxygens (including phenoxy) is 1. The number of rotatable bonds is 10. The van der Waals surface area contributed by atoms with Crippen LogP contribution >= 0.6 is 0 Å². The molecule has 0 saturated carbocycles. The molecule has 0 rings (SSSR count). The van der Waals surface area contributed by atoms with Gasteiger partial charge in [-0.05, 0) is 6.42 Å². The average molecular weight is 217 g/mol. The summed E-state index contributed by atoms with van der Waals surface area (Å²) in [5.41, 5.74) is 0. The fourth-order valence-electron chi connectivity index (χ4n) is 1.48. The van der Waals surface area contributed by atoms with Gasteiger partial charge in [0.2, 0.25) is 0 Å². The first-order chi connectivity index (χ1) is 7.20. The molecule has 0 aromatic carbocycles. The molecule has 0 aliphatic carbocycles. The molecule has 0 aliphatic heterocycles. The first kappa shape index (κ1) is 14.9. The normalized spacial score (nSPS) is 13.4. The molecule has 0 aliphatic rings. The van der Waals surface area contributed by atoms with Gasteiger partial charge >= 0.3 is 0 Å². The Bertz CT molecular complexity index is 129. The van der Waals surface area contributed by atoms with E-state index in [-0.39, 0.29) is 12.6 Å². The summed E-state index contributed by atoms with van der Waals surface area (Å²) in [6, 6.07) is 0.474. The molecular weight excluding hydrogens is 190 g/mol. The summed E-state index contributed by atoms with van der Waals surface area (Å²) < 4.78 is 5.51. The second kappa shape index (κ2) is 10.4. The quantitative estimate of drug-likeness (QED) is 0.550. The van der Waals surface area contributed by atoms with Crippen LogP contribution < -0.4 is 5.32 Å². The molecule has 92 valence electrons. The molecule has 0 aromatic heterocycles. The van der Waals surface area contributed by atoms with Crippen LogP contribution in [-0.4, -0.2) is 37.0 Å². The van der Waals surface area contributed by atoms with Crippen molar-refractivity contribution in [3.63, 3.8) is 0 Å². The predicted molar refractivity (Wildman–Crippen MR) is 64.1 cm³/mol. The van der Waals surface area contributed by atoms with E-state index in [4.69, 9.17) is 9.84 Å². The molecule has 1 unspecified atom stereocenters.